The smallest absolute Gasteiger partial charge is 0.417 e. The van der Waals surface area contributed by atoms with Crippen molar-refractivity contribution in [3.63, 3.8) is 0 Å². The van der Waals surface area contributed by atoms with Crippen molar-refractivity contribution >= 4 is 27.0 Å². The normalized spacial score (nSPS) is 12.8. The van der Waals surface area contributed by atoms with Gasteiger partial charge in [-0.15, -0.1) is 0 Å². The van der Waals surface area contributed by atoms with E-state index in [-0.39, 0.29) is 35.3 Å². The van der Waals surface area contributed by atoms with Crippen molar-refractivity contribution in [3.05, 3.63) is 112 Å². The molecule has 0 spiro atoms. The molecular formula is C28H24F3NO6S. The summed E-state index contributed by atoms with van der Waals surface area (Å²) in [5, 5.41) is -0.239. The maximum absolute atomic E-state index is 13.5. The van der Waals surface area contributed by atoms with E-state index in [1.54, 1.807) is 49.4 Å². The largest absolute Gasteiger partial charge is 0.466 e. The van der Waals surface area contributed by atoms with Gasteiger partial charge in [-0.25, -0.2) is 17.9 Å². The molecule has 0 fully saturated rings. The van der Waals surface area contributed by atoms with Gasteiger partial charge in [0.05, 0.1) is 29.5 Å². The van der Waals surface area contributed by atoms with Crippen LogP contribution >= 0.6 is 0 Å². The zero-order chi connectivity index (χ0) is 28.2. The summed E-state index contributed by atoms with van der Waals surface area (Å²) in [5.74, 6) is -0.548. The number of hydrogen-bond acceptors (Lipinski definition) is 6. The van der Waals surface area contributed by atoms with Gasteiger partial charge in [0.15, 0.2) is 0 Å². The van der Waals surface area contributed by atoms with Gasteiger partial charge in [0.25, 0.3) is 0 Å². The number of halogens is 3. The number of hydrogen-bond donors (Lipinski definition) is 1. The lowest BCUT2D eigenvalue weighted by Gasteiger charge is -2.19. The molecule has 0 amide bonds. The third-order valence-electron chi connectivity index (χ3n) is 5.93. The predicted octanol–water partition coefficient (Wildman–Crippen LogP) is 5.38. The molecule has 0 radical (unpaired) electrons. The summed E-state index contributed by atoms with van der Waals surface area (Å²) in [7, 11) is -4.04. The standard InChI is InChI=1S/C28H24F3NO6S/c1-2-37-26(33)17-24(20-6-4-3-5-7-20)32-39(35,36)21-11-8-18(9-12-21)14-19-10-13-25-22(15-19)23(28(29,30)31)16-27(34)38-25/h3-13,15-16,24,32H,2,14,17H2,1H3. The first-order chi connectivity index (χ1) is 18.5. The Bertz CT molecular complexity index is 1630. The molecule has 11 heteroatoms. The van der Waals surface area contributed by atoms with Crippen LogP contribution in [0.4, 0.5) is 13.2 Å². The quantitative estimate of drug-likeness (QED) is 0.218. The van der Waals surface area contributed by atoms with Crippen LogP contribution in [-0.4, -0.2) is 21.0 Å². The van der Waals surface area contributed by atoms with Gasteiger partial charge >= 0.3 is 17.8 Å². The van der Waals surface area contributed by atoms with Crippen molar-refractivity contribution in [3.8, 4) is 0 Å². The molecule has 4 rings (SSSR count). The number of benzene rings is 3. The molecule has 1 aromatic heterocycles. The summed E-state index contributed by atoms with van der Waals surface area (Å²) in [6.07, 6.45) is -4.73. The van der Waals surface area contributed by atoms with Gasteiger partial charge in [-0.3, -0.25) is 4.79 Å². The van der Waals surface area contributed by atoms with Crippen LogP contribution in [-0.2, 0) is 32.2 Å². The number of ether oxygens (including phenoxy) is 1. The highest BCUT2D eigenvalue weighted by atomic mass is 32.2. The summed E-state index contributed by atoms with van der Waals surface area (Å²) in [6, 6.07) is 18.2. The zero-order valence-corrected chi connectivity index (χ0v) is 21.5. The van der Waals surface area contributed by atoms with E-state index in [1.807, 2.05) is 0 Å². The van der Waals surface area contributed by atoms with Gasteiger partial charge in [-0.1, -0.05) is 48.5 Å². The van der Waals surface area contributed by atoms with Crippen molar-refractivity contribution in [2.45, 2.75) is 36.9 Å². The zero-order valence-electron chi connectivity index (χ0n) is 20.7. The summed E-state index contributed by atoms with van der Waals surface area (Å²) in [4.78, 5) is 23.6. The monoisotopic (exact) mass is 559 g/mol. The van der Waals surface area contributed by atoms with Gasteiger partial charge in [-0.2, -0.15) is 13.2 Å². The predicted molar refractivity (Wildman–Crippen MR) is 137 cm³/mol. The average molecular weight is 560 g/mol. The number of carbonyl (C=O) groups is 1. The van der Waals surface area contributed by atoms with E-state index in [4.69, 9.17) is 9.15 Å². The second-order valence-corrected chi connectivity index (χ2v) is 10.4. The van der Waals surface area contributed by atoms with Crippen LogP contribution in [0.5, 0.6) is 0 Å². The number of fused-ring (bicyclic) bond motifs is 1. The van der Waals surface area contributed by atoms with E-state index in [9.17, 15) is 31.2 Å². The fourth-order valence-corrected chi connectivity index (χ4v) is 5.36. The number of esters is 1. The minimum atomic E-state index is -4.74. The molecule has 0 saturated carbocycles. The third kappa shape index (κ3) is 6.92. The van der Waals surface area contributed by atoms with Crippen LogP contribution in [0.25, 0.3) is 11.0 Å². The molecule has 0 bridgehead atoms. The second-order valence-electron chi connectivity index (χ2n) is 8.72. The molecule has 7 nitrogen and oxygen atoms in total. The van der Waals surface area contributed by atoms with Gasteiger partial charge in [0.2, 0.25) is 10.0 Å². The highest BCUT2D eigenvalue weighted by Crippen LogP contribution is 2.34. The maximum Gasteiger partial charge on any atom is 0.417 e. The van der Waals surface area contributed by atoms with Crippen LogP contribution in [0.15, 0.2) is 93.0 Å². The highest BCUT2D eigenvalue weighted by molar-refractivity contribution is 7.89. The number of sulfonamides is 1. The fourth-order valence-electron chi connectivity index (χ4n) is 4.13. The SMILES string of the molecule is CCOC(=O)CC(NS(=O)(=O)c1ccc(Cc2ccc3oc(=O)cc(C(F)(F)F)c3c2)cc1)c1ccccc1. The highest BCUT2D eigenvalue weighted by Gasteiger charge is 2.34. The van der Waals surface area contributed by atoms with Crippen molar-refractivity contribution < 1.29 is 35.5 Å². The summed E-state index contributed by atoms with van der Waals surface area (Å²) < 4.78 is 79.0. The first-order valence-electron chi connectivity index (χ1n) is 11.9. The molecule has 0 aliphatic heterocycles. The molecule has 1 N–H and O–H groups in total. The first kappa shape index (κ1) is 28.1. The van der Waals surface area contributed by atoms with Gasteiger partial charge in [0.1, 0.15) is 5.58 Å². The van der Waals surface area contributed by atoms with Crippen molar-refractivity contribution in [1.82, 2.24) is 4.72 Å². The Morgan fingerprint density at radius 2 is 1.64 bits per heavy atom. The minimum Gasteiger partial charge on any atom is -0.466 e. The van der Waals surface area contributed by atoms with Crippen molar-refractivity contribution in [2.24, 2.45) is 0 Å². The van der Waals surface area contributed by atoms with Gasteiger partial charge < -0.3 is 9.15 Å². The minimum absolute atomic E-state index is 0.0457. The summed E-state index contributed by atoms with van der Waals surface area (Å²) in [5.41, 5.74) is -0.610. The van der Waals surface area contributed by atoms with Crippen molar-refractivity contribution in [2.75, 3.05) is 6.61 Å². The Balaban J connectivity index is 1.56. The molecule has 0 aliphatic rings. The van der Waals surface area contributed by atoms with E-state index in [0.717, 1.165) is 0 Å². The summed E-state index contributed by atoms with van der Waals surface area (Å²) >= 11 is 0. The van der Waals surface area contributed by atoms with Crippen molar-refractivity contribution in [1.29, 1.82) is 0 Å². The molecule has 39 heavy (non-hydrogen) atoms. The fraction of sp³-hybridized carbons (Fsp3) is 0.214. The molecule has 1 heterocycles. The molecule has 3 aromatic carbocycles. The van der Waals surface area contributed by atoms with E-state index in [1.165, 1.54) is 30.3 Å². The number of carbonyl (C=O) groups excluding carboxylic acids is 1. The lowest BCUT2D eigenvalue weighted by atomic mass is 10.0. The maximum atomic E-state index is 13.5. The Kier molecular flexibility index (Phi) is 8.22. The second kappa shape index (κ2) is 11.4. The van der Waals surface area contributed by atoms with Gasteiger partial charge in [0, 0.05) is 11.5 Å². The molecule has 1 atom stereocenters. The Morgan fingerprint density at radius 3 is 2.28 bits per heavy atom. The van der Waals surface area contributed by atoms with Crippen LogP contribution in [0.1, 0.15) is 41.6 Å². The Morgan fingerprint density at radius 1 is 0.974 bits per heavy atom. The first-order valence-corrected chi connectivity index (χ1v) is 13.4. The molecule has 0 saturated heterocycles. The van der Waals surface area contributed by atoms with E-state index in [2.05, 4.69) is 4.72 Å². The van der Waals surface area contributed by atoms with Gasteiger partial charge in [-0.05, 0) is 54.3 Å². The van der Waals surface area contributed by atoms with E-state index < -0.39 is 39.4 Å². The molecule has 0 aliphatic carbocycles. The van der Waals surface area contributed by atoms with E-state index in [0.29, 0.717) is 22.8 Å². The average Bonchev–Trinajstić information content (AvgIpc) is 2.88. The lowest BCUT2D eigenvalue weighted by molar-refractivity contribution is -0.143. The summed E-state index contributed by atoms with van der Waals surface area (Å²) in [6.45, 7) is 1.82. The molecule has 4 aromatic rings. The van der Waals surface area contributed by atoms with E-state index >= 15 is 0 Å². The number of alkyl halides is 3. The Hall–Kier alpha value is -3.96. The van der Waals surface area contributed by atoms with Crippen LogP contribution in [0.3, 0.4) is 0 Å². The lowest BCUT2D eigenvalue weighted by Crippen LogP contribution is -2.30. The Labute approximate surface area is 222 Å². The number of nitrogens with one attached hydrogen (secondary N) is 1. The number of rotatable bonds is 9. The molecular weight excluding hydrogens is 535 g/mol. The third-order valence-corrected chi connectivity index (χ3v) is 7.42. The molecule has 1 unspecified atom stereocenters. The van der Waals surface area contributed by atoms with Crippen LogP contribution < -0.4 is 10.3 Å². The van der Waals surface area contributed by atoms with Crippen LogP contribution in [0, 0.1) is 0 Å². The molecule has 204 valence electrons. The topological polar surface area (TPSA) is 103 Å². The van der Waals surface area contributed by atoms with Crippen LogP contribution in [0.2, 0.25) is 0 Å².